The van der Waals surface area contributed by atoms with E-state index in [2.05, 4.69) is 14.8 Å². The Morgan fingerprint density at radius 1 is 1.12 bits per heavy atom. The predicted molar refractivity (Wildman–Crippen MR) is 97.7 cm³/mol. The molecule has 2 heterocycles. The fourth-order valence-electron chi connectivity index (χ4n) is 2.89. The molecule has 0 unspecified atom stereocenters. The lowest BCUT2D eigenvalue weighted by atomic mass is 10.2. The number of carbonyl (C=O) groups is 1. The second-order valence-corrected chi connectivity index (χ2v) is 5.87. The topological polar surface area (TPSA) is 88.8 Å². The molecule has 0 radical (unpaired) electrons. The minimum Gasteiger partial charge on any atom is -0.462 e. The molecule has 8 heteroatoms. The number of benzene rings is 1. The maximum atomic E-state index is 11.7. The molecule has 136 valence electrons. The van der Waals surface area contributed by atoms with Crippen molar-refractivity contribution in [3.8, 4) is 0 Å². The maximum Gasteiger partial charge on any atom is 0.339 e. The van der Waals surface area contributed by atoms with E-state index in [-0.39, 0.29) is 11.7 Å². The largest absolute Gasteiger partial charge is 0.462 e. The summed E-state index contributed by atoms with van der Waals surface area (Å²) >= 11 is 0. The van der Waals surface area contributed by atoms with E-state index < -0.39 is 4.92 Å². The Morgan fingerprint density at radius 2 is 1.77 bits per heavy atom. The van der Waals surface area contributed by atoms with Crippen molar-refractivity contribution >= 4 is 23.2 Å². The molecule has 0 aliphatic carbocycles. The highest BCUT2D eigenvalue weighted by molar-refractivity contribution is 5.89. The van der Waals surface area contributed by atoms with E-state index in [1.54, 1.807) is 25.1 Å². The molecule has 2 aromatic rings. The van der Waals surface area contributed by atoms with Gasteiger partial charge in [0, 0.05) is 50.2 Å². The Balaban J connectivity index is 1.59. The van der Waals surface area contributed by atoms with Crippen LogP contribution in [0.5, 0.6) is 0 Å². The smallest absolute Gasteiger partial charge is 0.339 e. The van der Waals surface area contributed by atoms with Crippen molar-refractivity contribution in [2.24, 2.45) is 0 Å². The predicted octanol–water partition coefficient (Wildman–Crippen LogP) is 2.49. The number of pyridine rings is 1. The number of nitro benzene ring substituents is 1. The zero-order chi connectivity index (χ0) is 18.5. The number of rotatable bonds is 5. The number of nitrogens with zero attached hydrogens (tertiary/aromatic N) is 4. The molecule has 1 aromatic heterocycles. The second kappa shape index (κ2) is 7.81. The lowest BCUT2D eigenvalue weighted by molar-refractivity contribution is -0.384. The van der Waals surface area contributed by atoms with Gasteiger partial charge in [-0.3, -0.25) is 10.1 Å². The average Bonchev–Trinajstić information content (AvgIpc) is 2.68. The molecule has 26 heavy (non-hydrogen) atoms. The van der Waals surface area contributed by atoms with Crippen LogP contribution >= 0.6 is 0 Å². The second-order valence-electron chi connectivity index (χ2n) is 5.87. The van der Waals surface area contributed by atoms with E-state index >= 15 is 0 Å². The van der Waals surface area contributed by atoms with E-state index in [1.807, 2.05) is 6.07 Å². The lowest BCUT2D eigenvalue weighted by Gasteiger charge is -2.36. The number of ether oxygens (including phenoxy) is 1. The molecule has 0 spiro atoms. The van der Waals surface area contributed by atoms with Crippen LogP contribution in [0.1, 0.15) is 17.3 Å². The van der Waals surface area contributed by atoms with Gasteiger partial charge >= 0.3 is 5.97 Å². The van der Waals surface area contributed by atoms with Crippen LogP contribution in [0, 0.1) is 10.1 Å². The number of piperazine rings is 1. The Morgan fingerprint density at radius 3 is 2.31 bits per heavy atom. The molecular formula is C18H20N4O4. The number of anilines is 2. The van der Waals surface area contributed by atoms with Crippen LogP contribution in [0.3, 0.4) is 0 Å². The van der Waals surface area contributed by atoms with Gasteiger partial charge in [-0.25, -0.2) is 9.78 Å². The third kappa shape index (κ3) is 3.90. The minimum absolute atomic E-state index is 0.0956. The van der Waals surface area contributed by atoms with Crippen molar-refractivity contribution in [2.75, 3.05) is 42.6 Å². The van der Waals surface area contributed by atoms with Gasteiger partial charge in [0.2, 0.25) is 0 Å². The normalized spacial score (nSPS) is 14.2. The van der Waals surface area contributed by atoms with Crippen molar-refractivity contribution in [1.82, 2.24) is 4.98 Å². The van der Waals surface area contributed by atoms with Crippen LogP contribution in [0.4, 0.5) is 17.2 Å². The molecule has 0 atom stereocenters. The zero-order valence-electron chi connectivity index (χ0n) is 14.5. The quantitative estimate of drug-likeness (QED) is 0.462. The maximum absolute atomic E-state index is 11.7. The number of aromatic nitrogens is 1. The SMILES string of the molecule is CCOC(=O)c1ccc(N2CCN(c3ccc([N+](=O)[O-])cc3)CC2)nc1. The molecule has 1 aliphatic rings. The van der Waals surface area contributed by atoms with Crippen molar-refractivity contribution in [3.63, 3.8) is 0 Å². The molecule has 0 bridgehead atoms. The highest BCUT2D eigenvalue weighted by Crippen LogP contribution is 2.22. The summed E-state index contributed by atoms with van der Waals surface area (Å²) in [5, 5.41) is 10.7. The minimum atomic E-state index is -0.395. The summed E-state index contributed by atoms with van der Waals surface area (Å²) in [6.07, 6.45) is 1.54. The highest BCUT2D eigenvalue weighted by Gasteiger charge is 2.19. The van der Waals surface area contributed by atoms with Gasteiger partial charge in [-0.1, -0.05) is 0 Å². The van der Waals surface area contributed by atoms with Gasteiger partial charge in [0.25, 0.3) is 5.69 Å². The lowest BCUT2D eigenvalue weighted by Crippen LogP contribution is -2.46. The van der Waals surface area contributed by atoms with Crippen LogP contribution in [0.15, 0.2) is 42.6 Å². The van der Waals surface area contributed by atoms with Gasteiger partial charge < -0.3 is 14.5 Å². The van der Waals surface area contributed by atoms with Crippen LogP contribution in [-0.2, 0) is 4.74 Å². The summed E-state index contributed by atoms with van der Waals surface area (Å²) in [6.45, 7) is 5.25. The number of carbonyl (C=O) groups excluding carboxylic acids is 1. The van der Waals surface area contributed by atoms with Crippen LogP contribution in [0.2, 0.25) is 0 Å². The molecule has 1 aliphatic heterocycles. The number of non-ortho nitro benzene ring substituents is 1. The first-order valence-corrected chi connectivity index (χ1v) is 8.46. The third-order valence-corrected chi connectivity index (χ3v) is 4.29. The van der Waals surface area contributed by atoms with E-state index in [0.29, 0.717) is 12.2 Å². The summed E-state index contributed by atoms with van der Waals surface area (Å²) in [6, 6.07) is 10.2. The van der Waals surface area contributed by atoms with Gasteiger partial charge in [0.1, 0.15) is 5.82 Å². The van der Waals surface area contributed by atoms with Crippen molar-refractivity contribution in [1.29, 1.82) is 0 Å². The number of hydrogen-bond donors (Lipinski definition) is 0. The number of esters is 1. The summed E-state index contributed by atoms with van der Waals surface area (Å²) in [5.74, 6) is 0.455. The molecule has 1 saturated heterocycles. The zero-order valence-corrected chi connectivity index (χ0v) is 14.5. The van der Waals surface area contributed by atoms with E-state index in [0.717, 1.165) is 37.7 Å². The van der Waals surface area contributed by atoms with Gasteiger partial charge in [-0.15, -0.1) is 0 Å². The summed E-state index contributed by atoms with van der Waals surface area (Å²) in [7, 11) is 0. The molecule has 3 rings (SSSR count). The first kappa shape index (κ1) is 17.7. The first-order valence-electron chi connectivity index (χ1n) is 8.46. The van der Waals surface area contributed by atoms with Crippen LogP contribution < -0.4 is 9.80 Å². The summed E-state index contributed by atoms with van der Waals surface area (Å²) in [5.41, 5.74) is 1.51. The summed E-state index contributed by atoms with van der Waals surface area (Å²) in [4.78, 5) is 30.7. The number of hydrogen-bond acceptors (Lipinski definition) is 7. The van der Waals surface area contributed by atoms with E-state index in [4.69, 9.17) is 4.74 Å². The van der Waals surface area contributed by atoms with E-state index in [9.17, 15) is 14.9 Å². The van der Waals surface area contributed by atoms with E-state index in [1.165, 1.54) is 18.3 Å². The van der Waals surface area contributed by atoms with Crippen molar-refractivity contribution < 1.29 is 14.5 Å². The Kier molecular flexibility index (Phi) is 5.31. The average molecular weight is 356 g/mol. The monoisotopic (exact) mass is 356 g/mol. The van der Waals surface area contributed by atoms with Gasteiger partial charge in [0.05, 0.1) is 17.1 Å². The van der Waals surface area contributed by atoms with Crippen LogP contribution in [0.25, 0.3) is 0 Å². The molecule has 0 amide bonds. The standard InChI is InChI=1S/C18H20N4O4/c1-2-26-18(23)14-3-8-17(19-13-14)21-11-9-20(10-12-21)15-4-6-16(7-5-15)22(24)25/h3-8,13H,2,9-12H2,1H3. The van der Waals surface area contributed by atoms with Gasteiger partial charge in [-0.2, -0.15) is 0 Å². The highest BCUT2D eigenvalue weighted by atomic mass is 16.6. The van der Waals surface area contributed by atoms with Gasteiger partial charge in [-0.05, 0) is 31.2 Å². The fraction of sp³-hybridized carbons (Fsp3) is 0.333. The fourth-order valence-corrected chi connectivity index (χ4v) is 2.89. The van der Waals surface area contributed by atoms with Crippen molar-refractivity contribution in [2.45, 2.75) is 6.92 Å². The Labute approximate surface area is 151 Å². The molecule has 0 N–H and O–H groups in total. The van der Waals surface area contributed by atoms with Gasteiger partial charge in [0.15, 0.2) is 0 Å². The van der Waals surface area contributed by atoms with Crippen molar-refractivity contribution in [3.05, 3.63) is 58.3 Å². The molecule has 8 nitrogen and oxygen atoms in total. The molecular weight excluding hydrogens is 336 g/mol. The first-order chi connectivity index (χ1) is 12.6. The Bertz CT molecular complexity index is 769. The molecule has 0 saturated carbocycles. The number of nitro groups is 1. The summed E-state index contributed by atoms with van der Waals surface area (Å²) < 4.78 is 4.96. The third-order valence-electron chi connectivity index (χ3n) is 4.29. The molecule has 1 fully saturated rings. The Hall–Kier alpha value is -3.16. The van der Waals surface area contributed by atoms with Crippen LogP contribution in [-0.4, -0.2) is 48.7 Å². The molecule has 1 aromatic carbocycles.